The first kappa shape index (κ1) is 20.5. The number of methoxy groups -OCH3 is 1. The maximum Gasteiger partial charge on any atom is 0.341 e. The first-order chi connectivity index (χ1) is 14.4. The summed E-state index contributed by atoms with van der Waals surface area (Å²) in [5.41, 5.74) is 3.66. The van der Waals surface area contributed by atoms with Crippen molar-refractivity contribution in [1.82, 2.24) is 9.88 Å². The number of anilines is 1. The molecule has 7 heteroatoms. The van der Waals surface area contributed by atoms with Crippen LogP contribution in [0.4, 0.5) is 5.00 Å². The normalized spacial score (nSPS) is 14.0. The van der Waals surface area contributed by atoms with E-state index < -0.39 is 5.97 Å². The van der Waals surface area contributed by atoms with E-state index >= 15 is 0 Å². The monoisotopic (exact) mass is 423 g/mol. The van der Waals surface area contributed by atoms with Gasteiger partial charge in [0.15, 0.2) is 0 Å². The number of nitrogens with one attached hydrogen (secondary N) is 1. The summed E-state index contributed by atoms with van der Waals surface area (Å²) in [4.78, 5) is 33.5. The number of nitrogens with zero attached hydrogens (tertiary/aromatic N) is 2. The molecular formula is C23H25N3O3S. The Morgan fingerprint density at radius 1 is 1.23 bits per heavy atom. The maximum atomic E-state index is 13.0. The second kappa shape index (κ2) is 8.16. The molecule has 0 saturated carbocycles. The van der Waals surface area contributed by atoms with Crippen LogP contribution >= 0.6 is 11.3 Å². The van der Waals surface area contributed by atoms with Gasteiger partial charge in [-0.05, 0) is 51.0 Å². The van der Waals surface area contributed by atoms with E-state index in [9.17, 15) is 9.59 Å². The van der Waals surface area contributed by atoms with Gasteiger partial charge in [0, 0.05) is 40.7 Å². The summed E-state index contributed by atoms with van der Waals surface area (Å²) in [6.07, 6.45) is 0.767. The molecule has 4 rings (SSSR count). The number of esters is 1. The molecule has 3 heterocycles. The van der Waals surface area contributed by atoms with E-state index in [2.05, 4.69) is 29.0 Å². The van der Waals surface area contributed by atoms with Gasteiger partial charge in [-0.2, -0.15) is 0 Å². The van der Waals surface area contributed by atoms with Crippen molar-refractivity contribution in [2.45, 2.75) is 39.8 Å². The molecule has 3 aromatic rings. The number of aryl methyl sites for hydroxylation is 1. The molecule has 1 aromatic carbocycles. The Morgan fingerprint density at radius 3 is 2.73 bits per heavy atom. The van der Waals surface area contributed by atoms with E-state index in [4.69, 9.17) is 4.74 Å². The van der Waals surface area contributed by atoms with Crippen LogP contribution in [0.25, 0.3) is 10.9 Å². The van der Waals surface area contributed by atoms with E-state index in [1.54, 1.807) is 12.1 Å². The number of amides is 1. The fraction of sp³-hybridized carbons (Fsp3) is 0.348. The van der Waals surface area contributed by atoms with E-state index in [1.807, 2.05) is 25.1 Å². The Balaban J connectivity index is 1.67. The fourth-order valence-corrected chi connectivity index (χ4v) is 5.06. The van der Waals surface area contributed by atoms with Crippen molar-refractivity contribution in [3.8, 4) is 0 Å². The van der Waals surface area contributed by atoms with Crippen molar-refractivity contribution in [1.29, 1.82) is 0 Å². The van der Waals surface area contributed by atoms with Crippen molar-refractivity contribution in [3.63, 3.8) is 0 Å². The first-order valence-electron chi connectivity index (χ1n) is 10.0. The van der Waals surface area contributed by atoms with E-state index in [1.165, 1.54) is 18.4 Å². The number of carbonyl (C=O) groups is 2. The van der Waals surface area contributed by atoms with Crippen LogP contribution in [-0.4, -0.2) is 41.5 Å². The van der Waals surface area contributed by atoms with Crippen LogP contribution in [0.1, 0.15) is 50.7 Å². The van der Waals surface area contributed by atoms with Gasteiger partial charge in [0.25, 0.3) is 5.91 Å². The quantitative estimate of drug-likeness (QED) is 0.630. The van der Waals surface area contributed by atoms with Gasteiger partial charge in [0.2, 0.25) is 0 Å². The van der Waals surface area contributed by atoms with E-state index in [-0.39, 0.29) is 5.91 Å². The molecule has 1 amide bonds. The number of aromatic nitrogens is 1. The molecule has 0 spiro atoms. The maximum absolute atomic E-state index is 13.0. The summed E-state index contributed by atoms with van der Waals surface area (Å²) in [5.74, 6) is -0.665. The number of pyridine rings is 1. The summed E-state index contributed by atoms with van der Waals surface area (Å²) < 4.78 is 5.03. The van der Waals surface area contributed by atoms with Gasteiger partial charge in [-0.25, -0.2) is 4.79 Å². The third-order valence-corrected chi connectivity index (χ3v) is 6.66. The zero-order valence-electron chi connectivity index (χ0n) is 17.6. The summed E-state index contributed by atoms with van der Waals surface area (Å²) in [6.45, 7) is 7.91. The molecule has 156 valence electrons. The predicted molar refractivity (Wildman–Crippen MR) is 119 cm³/mol. The SMILES string of the molecule is COC(=O)c1c(NC(=O)c2ccc3ccc(C)nc3c2)sc2c1CCN(C(C)C)C2. The zero-order valence-corrected chi connectivity index (χ0v) is 18.4. The number of ether oxygens (including phenoxy) is 1. The molecule has 0 unspecified atom stereocenters. The molecule has 1 aliphatic heterocycles. The molecule has 2 aromatic heterocycles. The Labute approximate surface area is 179 Å². The summed E-state index contributed by atoms with van der Waals surface area (Å²) >= 11 is 1.47. The Hall–Kier alpha value is -2.77. The average Bonchev–Trinajstić information content (AvgIpc) is 3.09. The minimum Gasteiger partial charge on any atom is -0.465 e. The van der Waals surface area contributed by atoms with Crippen molar-refractivity contribution in [2.24, 2.45) is 0 Å². The lowest BCUT2D eigenvalue weighted by Gasteiger charge is -2.30. The largest absolute Gasteiger partial charge is 0.465 e. The Morgan fingerprint density at radius 2 is 2.00 bits per heavy atom. The van der Waals surface area contributed by atoms with Gasteiger partial charge in [-0.15, -0.1) is 11.3 Å². The lowest BCUT2D eigenvalue weighted by atomic mass is 10.0. The van der Waals surface area contributed by atoms with Gasteiger partial charge >= 0.3 is 5.97 Å². The van der Waals surface area contributed by atoms with Crippen LogP contribution in [-0.2, 0) is 17.7 Å². The summed E-state index contributed by atoms with van der Waals surface area (Å²) in [5, 5.41) is 4.49. The second-order valence-corrected chi connectivity index (χ2v) is 8.93. The number of rotatable bonds is 4. The highest BCUT2D eigenvalue weighted by atomic mass is 32.1. The van der Waals surface area contributed by atoms with Crippen LogP contribution in [0.5, 0.6) is 0 Å². The van der Waals surface area contributed by atoms with Crippen molar-refractivity contribution in [3.05, 3.63) is 57.6 Å². The molecule has 6 nitrogen and oxygen atoms in total. The highest BCUT2D eigenvalue weighted by molar-refractivity contribution is 7.17. The van der Waals surface area contributed by atoms with Crippen LogP contribution in [0, 0.1) is 6.92 Å². The molecule has 0 bridgehead atoms. The number of hydrogen-bond donors (Lipinski definition) is 1. The van der Waals surface area contributed by atoms with Crippen molar-refractivity contribution >= 4 is 39.1 Å². The van der Waals surface area contributed by atoms with E-state index in [0.29, 0.717) is 22.2 Å². The number of fused-ring (bicyclic) bond motifs is 2. The van der Waals surface area contributed by atoms with Crippen LogP contribution in [0.3, 0.4) is 0 Å². The molecule has 1 aliphatic rings. The fourth-order valence-electron chi connectivity index (χ4n) is 3.81. The molecule has 0 fully saturated rings. The molecule has 30 heavy (non-hydrogen) atoms. The second-order valence-electron chi connectivity index (χ2n) is 7.83. The zero-order chi connectivity index (χ0) is 21.4. The Bertz CT molecular complexity index is 1140. The van der Waals surface area contributed by atoms with Gasteiger partial charge in [-0.1, -0.05) is 12.1 Å². The van der Waals surface area contributed by atoms with Gasteiger partial charge in [0.05, 0.1) is 18.2 Å². The third kappa shape index (κ3) is 3.82. The highest BCUT2D eigenvalue weighted by Gasteiger charge is 2.30. The third-order valence-electron chi connectivity index (χ3n) is 5.53. The number of hydrogen-bond acceptors (Lipinski definition) is 6. The van der Waals surface area contributed by atoms with Crippen molar-refractivity contribution in [2.75, 3.05) is 19.0 Å². The van der Waals surface area contributed by atoms with Crippen LogP contribution in [0.15, 0.2) is 30.3 Å². The molecule has 0 saturated heterocycles. The standard InChI is InChI=1S/C23H25N3O3S/c1-13(2)26-10-9-17-19(12-26)30-22(20(17)23(28)29-4)25-21(27)16-8-7-15-6-5-14(3)24-18(15)11-16/h5-8,11,13H,9-10,12H2,1-4H3,(H,25,27). The number of carbonyl (C=O) groups excluding carboxylic acids is 2. The average molecular weight is 424 g/mol. The minimum absolute atomic E-state index is 0.260. The lowest BCUT2D eigenvalue weighted by Crippen LogP contribution is -2.35. The van der Waals surface area contributed by atoms with Crippen LogP contribution in [0.2, 0.25) is 0 Å². The molecule has 0 aliphatic carbocycles. The molecule has 0 atom stereocenters. The topological polar surface area (TPSA) is 71.5 Å². The van der Waals surface area contributed by atoms with Gasteiger partial charge < -0.3 is 10.1 Å². The van der Waals surface area contributed by atoms with Gasteiger partial charge in [0.1, 0.15) is 5.00 Å². The number of benzene rings is 1. The molecule has 0 radical (unpaired) electrons. The number of thiophene rings is 1. The van der Waals surface area contributed by atoms with E-state index in [0.717, 1.165) is 46.5 Å². The van der Waals surface area contributed by atoms with Gasteiger partial charge in [-0.3, -0.25) is 14.7 Å². The smallest absolute Gasteiger partial charge is 0.341 e. The molecular weight excluding hydrogens is 398 g/mol. The molecule has 1 N–H and O–H groups in total. The predicted octanol–water partition coefficient (Wildman–Crippen LogP) is 4.41. The highest BCUT2D eigenvalue weighted by Crippen LogP contribution is 2.38. The summed E-state index contributed by atoms with van der Waals surface area (Å²) in [6, 6.07) is 9.81. The van der Waals surface area contributed by atoms with Crippen LogP contribution < -0.4 is 5.32 Å². The lowest BCUT2D eigenvalue weighted by molar-refractivity contribution is 0.0600. The minimum atomic E-state index is -0.406. The van der Waals surface area contributed by atoms with Crippen molar-refractivity contribution < 1.29 is 14.3 Å². The summed E-state index contributed by atoms with van der Waals surface area (Å²) in [7, 11) is 1.37. The first-order valence-corrected chi connectivity index (χ1v) is 10.8. The Kier molecular flexibility index (Phi) is 5.58.